The Kier molecular flexibility index (Phi) is 5.07. The highest BCUT2D eigenvalue weighted by atomic mass is 16.6. The molecule has 150 valence electrons. The third kappa shape index (κ3) is 3.73. The monoisotopic (exact) mass is 393 g/mol. The third-order valence-electron chi connectivity index (χ3n) is 5.03. The predicted octanol–water partition coefficient (Wildman–Crippen LogP) is 2.45. The number of nitrogens with zero attached hydrogens (tertiary/aromatic N) is 3. The number of piperazine rings is 1. The number of ether oxygens (including phenoxy) is 1. The highest BCUT2D eigenvalue weighted by Crippen LogP contribution is 2.32. The van der Waals surface area contributed by atoms with Crippen LogP contribution in [0, 0.1) is 0 Å². The number of hydrogen-bond donors (Lipinski definition) is 2. The zero-order valence-electron chi connectivity index (χ0n) is 16.2. The van der Waals surface area contributed by atoms with Crippen LogP contribution in [0.1, 0.15) is 6.92 Å². The van der Waals surface area contributed by atoms with Gasteiger partial charge < -0.3 is 25.3 Å². The quantitative estimate of drug-likeness (QED) is 0.708. The molecule has 1 fully saturated rings. The molecule has 3 heterocycles. The maximum Gasteiger partial charge on any atom is 0.409 e. The van der Waals surface area contributed by atoms with E-state index in [1.807, 2.05) is 36.4 Å². The number of hydrogen-bond acceptors (Lipinski definition) is 6. The fourth-order valence-electron chi connectivity index (χ4n) is 3.53. The van der Waals surface area contributed by atoms with Crippen LogP contribution in [0.3, 0.4) is 0 Å². The van der Waals surface area contributed by atoms with Crippen molar-refractivity contribution in [2.24, 2.45) is 0 Å². The van der Waals surface area contributed by atoms with Crippen LogP contribution in [0.2, 0.25) is 0 Å². The molecule has 1 amide bonds. The van der Waals surface area contributed by atoms with Crippen molar-refractivity contribution >= 4 is 28.6 Å². The summed E-state index contributed by atoms with van der Waals surface area (Å²) in [6.07, 6.45) is -0.290. The summed E-state index contributed by atoms with van der Waals surface area (Å²) >= 11 is 0. The second kappa shape index (κ2) is 7.83. The first-order chi connectivity index (χ1) is 14.1. The SMILES string of the molecule is CCOC(=O)N1CCN(c2nc3[nH]c(=O)c(N)cc3cc2-c2ccccc2)CC1. The Morgan fingerprint density at radius 3 is 2.59 bits per heavy atom. The number of pyridine rings is 2. The van der Waals surface area contributed by atoms with Gasteiger partial charge in [0.2, 0.25) is 0 Å². The number of anilines is 2. The number of H-pyrrole nitrogens is 1. The van der Waals surface area contributed by atoms with Crippen molar-refractivity contribution < 1.29 is 9.53 Å². The fraction of sp³-hybridized carbons (Fsp3) is 0.286. The van der Waals surface area contributed by atoms with E-state index in [-0.39, 0.29) is 17.3 Å². The molecule has 1 saturated heterocycles. The number of carbonyl (C=O) groups excluding carboxylic acids is 1. The summed E-state index contributed by atoms with van der Waals surface area (Å²) in [5.41, 5.74) is 8.07. The van der Waals surface area contributed by atoms with Crippen molar-refractivity contribution in [3.8, 4) is 11.1 Å². The van der Waals surface area contributed by atoms with Crippen LogP contribution in [0.15, 0.2) is 47.3 Å². The van der Waals surface area contributed by atoms with Crippen LogP contribution < -0.4 is 16.2 Å². The zero-order chi connectivity index (χ0) is 20.4. The molecule has 1 aliphatic heterocycles. The van der Waals surface area contributed by atoms with Gasteiger partial charge in [-0.2, -0.15) is 0 Å². The van der Waals surface area contributed by atoms with Gasteiger partial charge >= 0.3 is 6.09 Å². The van der Waals surface area contributed by atoms with Gasteiger partial charge in [0.05, 0.1) is 12.3 Å². The first-order valence-electron chi connectivity index (χ1n) is 9.62. The molecule has 4 rings (SSSR count). The average Bonchev–Trinajstić information content (AvgIpc) is 2.75. The Balaban J connectivity index is 1.74. The number of amides is 1. The second-order valence-electron chi connectivity index (χ2n) is 6.89. The molecule has 29 heavy (non-hydrogen) atoms. The summed E-state index contributed by atoms with van der Waals surface area (Å²) in [4.78, 5) is 35.3. The maximum atomic E-state index is 12.0. The molecule has 2 aromatic heterocycles. The molecule has 0 saturated carbocycles. The molecule has 0 spiro atoms. The number of rotatable bonds is 3. The minimum absolute atomic E-state index is 0.161. The van der Waals surface area contributed by atoms with Gasteiger partial charge in [0.25, 0.3) is 5.56 Å². The molecule has 0 atom stereocenters. The van der Waals surface area contributed by atoms with Crippen molar-refractivity contribution in [2.75, 3.05) is 43.4 Å². The van der Waals surface area contributed by atoms with Gasteiger partial charge in [-0.1, -0.05) is 30.3 Å². The summed E-state index contributed by atoms with van der Waals surface area (Å²) in [7, 11) is 0. The van der Waals surface area contributed by atoms with Crippen LogP contribution >= 0.6 is 0 Å². The van der Waals surface area contributed by atoms with E-state index in [0.717, 1.165) is 22.3 Å². The average molecular weight is 393 g/mol. The molecule has 1 aromatic carbocycles. The number of benzene rings is 1. The summed E-state index contributed by atoms with van der Waals surface area (Å²) in [5.74, 6) is 0.771. The maximum absolute atomic E-state index is 12.0. The van der Waals surface area contributed by atoms with Gasteiger partial charge in [0.15, 0.2) is 0 Å². The summed E-state index contributed by atoms with van der Waals surface area (Å²) < 4.78 is 5.10. The van der Waals surface area contributed by atoms with E-state index in [1.54, 1.807) is 17.9 Å². The summed E-state index contributed by atoms with van der Waals surface area (Å²) in [6.45, 7) is 4.50. The number of aromatic amines is 1. The number of fused-ring (bicyclic) bond motifs is 1. The second-order valence-corrected chi connectivity index (χ2v) is 6.89. The van der Waals surface area contributed by atoms with Gasteiger partial charge in [0.1, 0.15) is 11.5 Å². The molecule has 8 nitrogen and oxygen atoms in total. The van der Waals surface area contributed by atoms with Crippen molar-refractivity contribution in [3.05, 3.63) is 52.8 Å². The predicted molar refractivity (Wildman–Crippen MR) is 113 cm³/mol. The third-order valence-corrected chi connectivity index (χ3v) is 5.03. The topological polar surface area (TPSA) is 105 Å². The number of nitrogens with one attached hydrogen (secondary N) is 1. The first kappa shape index (κ1) is 18.8. The molecule has 1 aliphatic rings. The Bertz CT molecular complexity index is 1090. The molecule has 0 aliphatic carbocycles. The van der Waals surface area contributed by atoms with E-state index in [4.69, 9.17) is 15.5 Å². The number of nitrogens with two attached hydrogens (primary N) is 1. The number of nitrogen functional groups attached to an aromatic ring is 1. The molecule has 3 aromatic rings. The Labute approximate surface area is 167 Å². The molecule has 0 radical (unpaired) electrons. The summed E-state index contributed by atoms with van der Waals surface area (Å²) in [6, 6.07) is 13.6. The standard InChI is InChI=1S/C21H23N5O3/c1-2-29-21(28)26-10-8-25(9-11-26)19-16(14-6-4-3-5-7-14)12-15-13-17(22)20(27)24-18(15)23-19/h3-7,12-13H,2,8-11,22H2,1H3,(H,23,24,27). The Morgan fingerprint density at radius 2 is 1.90 bits per heavy atom. The minimum atomic E-state index is -0.351. The Morgan fingerprint density at radius 1 is 1.17 bits per heavy atom. The van der Waals surface area contributed by atoms with E-state index in [9.17, 15) is 9.59 Å². The van der Waals surface area contributed by atoms with E-state index in [0.29, 0.717) is 38.4 Å². The molecule has 0 unspecified atom stereocenters. The van der Waals surface area contributed by atoms with Crippen LogP contribution in [-0.4, -0.2) is 53.7 Å². The number of aromatic nitrogens is 2. The van der Waals surface area contributed by atoms with E-state index in [1.165, 1.54) is 0 Å². The van der Waals surface area contributed by atoms with Crippen molar-refractivity contribution in [1.29, 1.82) is 0 Å². The molecule has 3 N–H and O–H groups in total. The smallest absolute Gasteiger partial charge is 0.409 e. The molecular formula is C21H23N5O3. The van der Waals surface area contributed by atoms with Crippen molar-refractivity contribution in [1.82, 2.24) is 14.9 Å². The fourth-order valence-corrected chi connectivity index (χ4v) is 3.53. The highest BCUT2D eigenvalue weighted by Gasteiger charge is 2.25. The van der Waals surface area contributed by atoms with Crippen LogP contribution in [-0.2, 0) is 4.74 Å². The van der Waals surface area contributed by atoms with Crippen LogP contribution in [0.5, 0.6) is 0 Å². The first-order valence-corrected chi connectivity index (χ1v) is 9.62. The Hall–Kier alpha value is -3.55. The van der Waals surface area contributed by atoms with Crippen LogP contribution in [0.4, 0.5) is 16.3 Å². The largest absolute Gasteiger partial charge is 0.450 e. The van der Waals surface area contributed by atoms with E-state index in [2.05, 4.69) is 9.88 Å². The molecule has 0 bridgehead atoms. The van der Waals surface area contributed by atoms with Gasteiger partial charge in [-0.3, -0.25) is 4.79 Å². The normalized spacial score (nSPS) is 14.2. The van der Waals surface area contributed by atoms with E-state index >= 15 is 0 Å². The molecule has 8 heteroatoms. The lowest BCUT2D eigenvalue weighted by molar-refractivity contribution is 0.105. The van der Waals surface area contributed by atoms with Gasteiger partial charge in [-0.25, -0.2) is 9.78 Å². The zero-order valence-corrected chi connectivity index (χ0v) is 16.2. The lowest BCUT2D eigenvalue weighted by Gasteiger charge is -2.35. The lowest BCUT2D eigenvalue weighted by Crippen LogP contribution is -2.49. The minimum Gasteiger partial charge on any atom is -0.450 e. The van der Waals surface area contributed by atoms with Crippen LogP contribution in [0.25, 0.3) is 22.2 Å². The van der Waals surface area contributed by atoms with E-state index < -0.39 is 0 Å². The summed E-state index contributed by atoms with van der Waals surface area (Å²) in [5, 5.41) is 0.773. The lowest BCUT2D eigenvalue weighted by atomic mass is 10.0. The van der Waals surface area contributed by atoms with Gasteiger partial charge in [-0.05, 0) is 24.6 Å². The van der Waals surface area contributed by atoms with Gasteiger partial charge in [0, 0.05) is 37.1 Å². The van der Waals surface area contributed by atoms with Crippen molar-refractivity contribution in [3.63, 3.8) is 0 Å². The highest BCUT2D eigenvalue weighted by molar-refractivity contribution is 5.89. The molecular weight excluding hydrogens is 370 g/mol. The van der Waals surface area contributed by atoms with Gasteiger partial charge in [-0.15, -0.1) is 0 Å². The number of carbonyl (C=O) groups is 1. The van der Waals surface area contributed by atoms with Crippen molar-refractivity contribution in [2.45, 2.75) is 6.92 Å².